The van der Waals surface area contributed by atoms with Gasteiger partial charge in [-0.15, -0.1) is 0 Å². The number of aromatic nitrogens is 1. The molecule has 8 bridgehead atoms. The zero-order valence-electron chi connectivity index (χ0n) is 24.3. The zero-order chi connectivity index (χ0) is 27.0. The van der Waals surface area contributed by atoms with Crippen LogP contribution in [0.25, 0.3) is 21.4 Å². The minimum absolute atomic E-state index is 0.507. The van der Waals surface area contributed by atoms with E-state index in [4.69, 9.17) is 0 Å². The summed E-state index contributed by atoms with van der Waals surface area (Å²) in [5.41, 5.74) is 2.20. The molecule has 2 fully saturated rings. The summed E-state index contributed by atoms with van der Waals surface area (Å²) in [6.07, 6.45) is 19.9. The molecular weight excluding hydrogens is 501 g/mol. The lowest BCUT2D eigenvalue weighted by molar-refractivity contribution is 0.214. The third-order valence-electron chi connectivity index (χ3n) is 9.91. The van der Waals surface area contributed by atoms with Gasteiger partial charge in [0.15, 0.2) is 0 Å². The van der Waals surface area contributed by atoms with E-state index in [-0.39, 0.29) is 0 Å². The molecule has 0 amide bonds. The van der Waals surface area contributed by atoms with Crippen molar-refractivity contribution in [1.29, 1.82) is 0 Å². The first-order valence-electron chi connectivity index (χ1n) is 16.3. The molecule has 0 radical (unpaired) electrons. The molecule has 1 nitrogen and oxygen atoms in total. The molecule has 5 atom stereocenters. The third-order valence-corrected chi connectivity index (χ3v) is 12.9. The molecule has 5 unspecified atom stereocenters. The lowest BCUT2D eigenvalue weighted by Crippen LogP contribution is -2.24. The SMILES string of the molecule is c1cccc2cc(ccc1)n1p(c3cccccccc2c3)C2CCCCCCC(C2)C2CCCCCCC1C2. The lowest BCUT2D eigenvalue weighted by Gasteiger charge is -2.39. The van der Waals surface area contributed by atoms with Gasteiger partial charge in [-0.3, -0.25) is 0 Å². The molecular formula is C38H48NP. The second-order valence-corrected chi connectivity index (χ2v) is 15.0. The van der Waals surface area contributed by atoms with Crippen LogP contribution in [0.2, 0.25) is 0 Å². The number of rotatable bonds is 0. The van der Waals surface area contributed by atoms with Crippen molar-refractivity contribution >= 4 is 29.1 Å². The Kier molecular flexibility index (Phi) is 9.62. The molecule has 40 heavy (non-hydrogen) atoms. The molecule has 2 heterocycles. The summed E-state index contributed by atoms with van der Waals surface area (Å²) in [7, 11) is -0.507. The fraction of sp³-hybridized carbons (Fsp3) is 0.474. The molecule has 6 rings (SSSR count). The topological polar surface area (TPSA) is 4.93 Å². The second-order valence-electron chi connectivity index (χ2n) is 12.6. The van der Waals surface area contributed by atoms with Gasteiger partial charge in [0, 0.05) is 22.3 Å². The van der Waals surface area contributed by atoms with Crippen molar-refractivity contribution in [3.05, 3.63) is 97.1 Å². The van der Waals surface area contributed by atoms with Gasteiger partial charge in [-0.25, -0.2) is 0 Å². The second kappa shape index (κ2) is 13.9. The maximum Gasteiger partial charge on any atom is 0.0447 e. The van der Waals surface area contributed by atoms with Gasteiger partial charge in [0.1, 0.15) is 0 Å². The first kappa shape index (κ1) is 27.7. The van der Waals surface area contributed by atoms with Crippen LogP contribution in [0.3, 0.4) is 0 Å². The van der Waals surface area contributed by atoms with Gasteiger partial charge in [0.25, 0.3) is 0 Å². The maximum atomic E-state index is 3.04. The molecule has 3 aliphatic rings. The standard InChI is InChI=1S/C38H48NP/c1-3-11-19-31-27-35(23-15-5-1)39-36-24-16-9-7-13-20-32(28-36)34-22-14-8-10-18-26-38(30-34)40(39)37-25-17-6-2-4-12-21-33(31)29-37/h1-6,11-12,15,17,19,21,23,25,27,29,32,34,36,38H,7-10,13-14,16,18,20,22,24,26,28,30H2. The molecule has 2 saturated carbocycles. The Balaban J connectivity index is 1.77. The average molecular weight is 550 g/mol. The first-order valence-corrected chi connectivity index (χ1v) is 17.7. The normalized spacial score (nSPS) is 25.6. The molecule has 1 aromatic heterocycles. The smallest absolute Gasteiger partial charge is 0.0447 e. The largest absolute Gasteiger partial charge is 0.328 e. The summed E-state index contributed by atoms with van der Waals surface area (Å²) in [6, 6.07) is 37.5. The highest BCUT2D eigenvalue weighted by Gasteiger charge is 2.34. The van der Waals surface area contributed by atoms with Crippen LogP contribution in [0.15, 0.2) is 97.1 Å². The number of hydrogen-bond acceptors (Lipinski definition) is 0. The van der Waals surface area contributed by atoms with Gasteiger partial charge in [-0.1, -0.05) is 137 Å². The van der Waals surface area contributed by atoms with E-state index < -0.39 is 7.69 Å². The van der Waals surface area contributed by atoms with Crippen molar-refractivity contribution in [2.45, 2.75) is 102 Å². The van der Waals surface area contributed by atoms with Crippen LogP contribution in [-0.4, -0.2) is 4.33 Å². The molecule has 2 aliphatic carbocycles. The van der Waals surface area contributed by atoms with Crippen LogP contribution < -0.4 is 0 Å². The van der Waals surface area contributed by atoms with Crippen molar-refractivity contribution in [1.82, 2.24) is 4.33 Å². The summed E-state index contributed by atoms with van der Waals surface area (Å²) >= 11 is 0. The maximum absolute atomic E-state index is 3.04. The number of hydrogen-bond donors (Lipinski definition) is 0. The Morgan fingerprint density at radius 2 is 1.05 bits per heavy atom. The summed E-state index contributed by atoms with van der Waals surface area (Å²) in [5, 5.41) is 4.22. The van der Waals surface area contributed by atoms with Gasteiger partial charge < -0.3 is 4.33 Å². The van der Waals surface area contributed by atoms with Crippen LogP contribution in [0.4, 0.5) is 0 Å². The predicted octanol–water partition coefficient (Wildman–Crippen LogP) is 12.4. The van der Waals surface area contributed by atoms with Gasteiger partial charge in [-0.05, 0) is 80.2 Å². The van der Waals surface area contributed by atoms with Crippen molar-refractivity contribution in [3.8, 4) is 0 Å². The highest BCUT2D eigenvalue weighted by Crippen LogP contribution is 2.57. The van der Waals surface area contributed by atoms with Crippen molar-refractivity contribution in [3.63, 3.8) is 0 Å². The fourth-order valence-electron chi connectivity index (χ4n) is 7.94. The molecule has 0 saturated heterocycles. The highest BCUT2D eigenvalue weighted by atomic mass is 31.1. The zero-order valence-corrected chi connectivity index (χ0v) is 25.2. The quantitative estimate of drug-likeness (QED) is 0.263. The third kappa shape index (κ3) is 6.69. The molecule has 0 spiro atoms. The summed E-state index contributed by atoms with van der Waals surface area (Å²) < 4.78 is 3.04. The molecule has 1 aliphatic heterocycles. The Morgan fingerprint density at radius 3 is 1.77 bits per heavy atom. The minimum Gasteiger partial charge on any atom is -0.328 e. The van der Waals surface area contributed by atoms with Crippen molar-refractivity contribution in [2.75, 3.05) is 0 Å². The molecule has 0 N–H and O–H groups in total. The molecule has 2 heteroatoms. The van der Waals surface area contributed by atoms with E-state index >= 15 is 0 Å². The molecule has 2 aromatic carbocycles. The molecule has 210 valence electrons. The minimum atomic E-state index is -0.507. The number of nitrogens with zero attached hydrogens (tertiary/aromatic N) is 1. The van der Waals surface area contributed by atoms with Crippen LogP contribution in [0.5, 0.6) is 0 Å². The van der Waals surface area contributed by atoms with Gasteiger partial charge in [-0.2, -0.15) is 0 Å². The summed E-state index contributed by atoms with van der Waals surface area (Å²) in [6.45, 7) is 0. The predicted molar refractivity (Wildman–Crippen MR) is 176 cm³/mol. The van der Waals surface area contributed by atoms with Crippen LogP contribution >= 0.6 is 7.69 Å². The average Bonchev–Trinajstić information content (AvgIpc) is 3.17. The monoisotopic (exact) mass is 549 g/mol. The van der Waals surface area contributed by atoms with E-state index in [0.29, 0.717) is 6.04 Å². The van der Waals surface area contributed by atoms with Crippen molar-refractivity contribution in [2.24, 2.45) is 11.8 Å². The Hall–Kier alpha value is -2.50. The Morgan fingerprint density at radius 1 is 0.500 bits per heavy atom. The van der Waals surface area contributed by atoms with Crippen LogP contribution in [-0.2, 0) is 0 Å². The summed E-state index contributed by atoms with van der Waals surface area (Å²) in [4.78, 5) is 0. The van der Waals surface area contributed by atoms with Crippen LogP contribution in [0.1, 0.15) is 102 Å². The Labute approximate surface area is 243 Å². The lowest BCUT2D eigenvalue weighted by atomic mass is 9.78. The van der Waals surface area contributed by atoms with E-state index in [9.17, 15) is 0 Å². The van der Waals surface area contributed by atoms with E-state index in [0.717, 1.165) is 17.5 Å². The van der Waals surface area contributed by atoms with E-state index in [1.807, 2.05) is 0 Å². The van der Waals surface area contributed by atoms with Gasteiger partial charge in [0.05, 0.1) is 0 Å². The first-order chi connectivity index (χ1) is 19.9. The summed E-state index contributed by atoms with van der Waals surface area (Å²) in [5.74, 6) is 1.81. The van der Waals surface area contributed by atoms with E-state index in [1.54, 1.807) is 5.12 Å². The van der Waals surface area contributed by atoms with Crippen molar-refractivity contribution < 1.29 is 0 Å². The van der Waals surface area contributed by atoms with Gasteiger partial charge in [0.2, 0.25) is 0 Å². The van der Waals surface area contributed by atoms with Crippen LogP contribution in [0, 0.1) is 11.8 Å². The van der Waals surface area contributed by atoms with Gasteiger partial charge >= 0.3 is 0 Å². The Bertz CT molecular complexity index is 1300. The number of fused-ring (bicyclic) bond motifs is 15. The van der Waals surface area contributed by atoms with E-state index in [2.05, 4.69) is 101 Å². The van der Waals surface area contributed by atoms with E-state index in [1.165, 1.54) is 106 Å². The highest BCUT2D eigenvalue weighted by molar-refractivity contribution is 7.52. The molecule has 3 aromatic rings. The fourth-order valence-corrected chi connectivity index (χ4v) is 11.3.